The second-order valence-electron chi connectivity index (χ2n) is 13.4. The maximum Gasteiger partial charge on any atom is 0.135 e. The van der Waals surface area contributed by atoms with Gasteiger partial charge in [0.1, 0.15) is 11.2 Å². The molecule has 0 radical (unpaired) electrons. The molecule has 0 spiro atoms. The molecule has 0 saturated carbocycles. The number of fused-ring (bicyclic) bond motifs is 5. The molecule has 244 valence electrons. The van der Waals surface area contributed by atoms with Gasteiger partial charge in [-0.15, -0.1) is 0 Å². The van der Waals surface area contributed by atoms with E-state index >= 15 is 0 Å². The highest BCUT2D eigenvalue weighted by Gasteiger charge is 2.17. The smallest absolute Gasteiger partial charge is 0.135 e. The number of hydrogen-bond acceptors (Lipinski definition) is 2. The lowest BCUT2D eigenvalue weighted by atomic mass is 9.97. The summed E-state index contributed by atoms with van der Waals surface area (Å²) in [5, 5.41) is 7.14. The Labute approximate surface area is 302 Å². The van der Waals surface area contributed by atoms with E-state index < -0.39 is 0 Å². The van der Waals surface area contributed by atoms with Gasteiger partial charge in [-0.2, -0.15) is 0 Å². The summed E-state index contributed by atoms with van der Waals surface area (Å²) in [5.41, 5.74) is 12.3. The lowest BCUT2D eigenvalue weighted by Gasteiger charge is -2.26. The largest absolute Gasteiger partial charge is 0.456 e. The van der Waals surface area contributed by atoms with Crippen LogP contribution in [0.15, 0.2) is 205 Å². The summed E-state index contributed by atoms with van der Waals surface area (Å²) in [6.07, 6.45) is 0. The predicted molar refractivity (Wildman–Crippen MR) is 220 cm³/mol. The zero-order valence-corrected chi connectivity index (χ0v) is 28.4. The molecule has 0 bridgehead atoms. The lowest BCUT2D eigenvalue weighted by molar-refractivity contribution is 0.669. The van der Waals surface area contributed by atoms with Crippen molar-refractivity contribution in [2.45, 2.75) is 0 Å². The Morgan fingerprint density at radius 3 is 1.58 bits per heavy atom. The summed E-state index contributed by atoms with van der Waals surface area (Å²) in [6.45, 7) is 0. The molecule has 0 saturated heterocycles. The van der Waals surface area contributed by atoms with E-state index in [4.69, 9.17) is 4.42 Å². The maximum atomic E-state index is 6.21. The molecule has 0 fully saturated rings. The number of benzene rings is 9. The number of rotatable bonds is 6. The molecule has 52 heavy (non-hydrogen) atoms. The van der Waals surface area contributed by atoms with Crippen LogP contribution in [-0.2, 0) is 0 Å². The number of para-hydroxylation sites is 1. The second-order valence-corrected chi connectivity index (χ2v) is 13.4. The Morgan fingerprint density at radius 1 is 0.269 bits per heavy atom. The summed E-state index contributed by atoms with van der Waals surface area (Å²) < 4.78 is 6.21. The van der Waals surface area contributed by atoms with Gasteiger partial charge in [-0.05, 0) is 116 Å². The van der Waals surface area contributed by atoms with Crippen molar-refractivity contribution in [3.8, 4) is 33.4 Å². The van der Waals surface area contributed by atoms with Crippen molar-refractivity contribution in [1.29, 1.82) is 0 Å². The van der Waals surface area contributed by atoms with E-state index in [-0.39, 0.29) is 0 Å². The first-order valence-corrected chi connectivity index (χ1v) is 17.7. The molecule has 10 aromatic rings. The molecule has 1 aromatic heterocycles. The van der Waals surface area contributed by atoms with Crippen molar-refractivity contribution in [2.24, 2.45) is 0 Å². The van der Waals surface area contributed by atoms with Gasteiger partial charge in [0.25, 0.3) is 0 Å². The molecule has 0 aliphatic rings. The van der Waals surface area contributed by atoms with E-state index in [0.29, 0.717) is 0 Å². The van der Waals surface area contributed by atoms with E-state index in [1.807, 2.05) is 12.1 Å². The Balaban J connectivity index is 1.03. The highest BCUT2D eigenvalue weighted by Crippen LogP contribution is 2.41. The average Bonchev–Trinajstić information content (AvgIpc) is 3.59. The first-order chi connectivity index (χ1) is 25.7. The van der Waals surface area contributed by atoms with E-state index in [9.17, 15) is 0 Å². The van der Waals surface area contributed by atoms with Crippen LogP contribution < -0.4 is 4.90 Å². The predicted octanol–water partition coefficient (Wildman–Crippen LogP) is 14.4. The van der Waals surface area contributed by atoms with Gasteiger partial charge in [-0.1, -0.05) is 140 Å². The molecule has 0 unspecified atom stereocenters. The van der Waals surface area contributed by atoms with Crippen LogP contribution in [0, 0.1) is 0 Å². The summed E-state index contributed by atoms with van der Waals surface area (Å²) in [7, 11) is 0. The monoisotopic (exact) mass is 663 g/mol. The molecule has 9 aromatic carbocycles. The van der Waals surface area contributed by atoms with Crippen LogP contribution in [0.4, 0.5) is 17.1 Å². The molecular formula is C50H33NO. The van der Waals surface area contributed by atoms with Crippen LogP contribution >= 0.6 is 0 Å². The highest BCUT2D eigenvalue weighted by molar-refractivity contribution is 6.06. The minimum absolute atomic E-state index is 0.888. The van der Waals surface area contributed by atoms with E-state index in [1.54, 1.807) is 0 Å². The van der Waals surface area contributed by atoms with Crippen LogP contribution in [0.3, 0.4) is 0 Å². The number of anilines is 3. The van der Waals surface area contributed by atoms with Gasteiger partial charge in [0.2, 0.25) is 0 Å². The molecule has 2 nitrogen and oxygen atoms in total. The number of nitrogens with zero attached hydrogens (tertiary/aromatic N) is 1. The quantitative estimate of drug-likeness (QED) is 0.176. The Bertz CT molecular complexity index is 2900. The molecule has 0 atom stereocenters. The van der Waals surface area contributed by atoms with Gasteiger partial charge in [-0.25, -0.2) is 0 Å². The normalized spacial score (nSPS) is 11.5. The third kappa shape index (κ3) is 5.39. The van der Waals surface area contributed by atoms with Gasteiger partial charge in [0.05, 0.1) is 0 Å². The second kappa shape index (κ2) is 12.5. The molecule has 1 heterocycles. The first kappa shape index (κ1) is 30.0. The number of furan rings is 1. The maximum absolute atomic E-state index is 6.21. The van der Waals surface area contributed by atoms with E-state index in [1.165, 1.54) is 54.9 Å². The molecular weight excluding hydrogens is 631 g/mol. The lowest BCUT2D eigenvalue weighted by Crippen LogP contribution is -2.10. The molecule has 0 aliphatic carbocycles. The summed E-state index contributed by atoms with van der Waals surface area (Å²) in [5.74, 6) is 0. The van der Waals surface area contributed by atoms with Crippen molar-refractivity contribution in [3.05, 3.63) is 200 Å². The van der Waals surface area contributed by atoms with Crippen LogP contribution in [-0.4, -0.2) is 0 Å². The summed E-state index contributed by atoms with van der Waals surface area (Å²) in [6, 6.07) is 71.9. The van der Waals surface area contributed by atoms with Crippen molar-refractivity contribution in [3.63, 3.8) is 0 Å². The average molecular weight is 664 g/mol. The standard InChI is InChI=1S/C50H33NO/c1-2-9-34(10-3-1)39-13-8-14-44(31-39)51(46-27-28-50-48(33-46)47-15-6-7-16-49(47)52-50)45-26-25-42-30-41(23-24-43(42)32-45)37-19-17-36(18-20-37)40-22-21-35-11-4-5-12-38(35)29-40/h1-33H. The first-order valence-electron chi connectivity index (χ1n) is 17.7. The van der Waals surface area contributed by atoms with Crippen LogP contribution in [0.25, 0.3) is 76.9 Å². The fraction of sp³-hybridized carbons (Fsp3) is 0. The van der Waals surface area contributed by atoms with Crippen molar-refractivity contribution in [2.75, 3.05) is 4.90 Å². The Morgan fingerprint density at radius 2 is 0.769 bits per heavy atom. The molecule has 0 amide bonds. The minimum Gasteiger partial charge on any atom is -0.456 e. The van der Waals surface area contributed by atoms with Crippen molar-refractivity contribution < 1.29 is 4.42 Å². The molecule has 2 heteroatoms. The fourth-order valence-corrected chi connectivity index (χ4v) is 7.53. The van der Waals surface area contributed by atoms with Crippen LogP contribution in [0.2, 0.25) is 0 Å². The van der Waals surface area contributed by atoms with Gasteiger partial charge in [0.15, 0.2) is 0 Å². The molecule has 0 N–H and O–H groups in total. The van der Waals surface area contributed by atoms with E-state index in [2.05, 4.69) is 193 Å². The summed E-state index contributed by atoms with van der Waals surface area (Å²) >= 11 is 0. The SMILES string of the molecule is c1ccc(-c2cccc(N(c3ccc4cc(-c5ccc(-c6ccc7ccccc7c6)cc5)ccc4c3)c3ccc4oc5ccccc5c4c3)c2)cc1. The Hall–Kier alpha value is -6.90. The van der Waals surface area contributed by atoms with Crippen molar-refractivity contribution >= 4 is 60.5 Å². The summed E-state index contributed by atoms with van der Waals surface area (Å²) in [4.78, 5) is 2.35. The zero-order chi connectivity index (χ0) is 34.4. The fourth-order valence-electron chi connectivity index (χ4n) is 7.53. The third-order valence-electron chi connectivity index (χ3n) is 10.2. The third-order valence-corrected chi connectivity index (χ3v) is 10.2. The van der Waals surface area contributed by atoms with Crippen LogP contribution in [0.5, 0.6) is 0 Å². The highest BCUT2D eigenvalue weighted by atomic mass is 16.3. The van der Waals surface area contributed by atoms with Gasteiger partial charge in [0, 0.05) is 27.8 Å². The molecule has 0 aliphatic heterocycles. The Kier molecular flexibility index (Phi) is 7.18. The van der Waals surface area contributed by atoms with Crippen molar-refractivity contribution in [1.82, 2.24) is 0 Å². The topological polar surface area (TPSA) is 16.4 Å². The van der Waals surface area contributed by atoms with Gasteiger partial charge in [-0.3, -0.25) is 0 Å². The zero-order valence-electron chi connectivity index (χ0n) is 28.4. The minimum atomic E-state index is 0.888. The molecule has 10 rings (SSSR count). The van der Waals surface area contributed by atoms with Gasteiger partial charge >= 0.3 is 0 Å². The number of hydrogen-bond donors (Lipinski definition) is 0. The van der Waals surface area contributed by atoms with E-state index in [0.717, 1.165) is 39.0 Å². The van der Waals surface area contributed by atoms with Crippen LogP contribution in [0.1, 0.15) is 0 Å². The van der Waals surface area contributed by atoms with Gasteiger partial charge < -0.3 is 9.32 Å².